The molecule has 2 rings (SSSR count). The van der Waals surface area contributed by atoms with Crippen molar-refractivity contribution in [1.29, 1.82) is 0 Å². The van der Waals surface area contributed by atoms with E-state index in [1.165, 1.54) is 0 Å². The first-order chi connectivity index (χ1) is 5.40. The fraction of sp³-hybridized carbons (Fsp3) is 0.875. The third-order valence-electron chi connectivity index (χ3n) is 2.60. The molecule has 2 aliphatic heterocycles. The van der Waals surface area contributed by atoms with Gasteiger partial charge in [-0.3, -0.25) is 9.89 Å². The van der Waals surface area contributed by atoms with Gasteiger partial charge in [0.05, 0.1) is 19.3 Å². The van der Waals surface area contributed by atoms with Crippen LogP contribution in [0.25, 0.3) is 0 Å². The maximum Gasteiger partial charge on any atom is 0.0635 e. The topological polar surface area (TPSA) is 24.8 Å². The summed E-state index contributed by atoms with van der Waals surface area (Å²) < 4.78 is 5.37. The average molecular weight is 154 g/mol. The lowest BCUT2D eigenvalue weighted by atomic mass is 10.2. The van der Waals surface area contributed by atoms with Crippen LogP contribution in [0.5, 0.6) is 0 Å². The highest BCUT2D eigenvalue weighted by Gasteiger charge is 2.33. The Morgan fingerprint density at radius 1 is 1.55 bits per heavy atom. The van der Waals surface area contributed by atoms with Crippen LogP contribution in [0.1, 0.15) is 6.42 Å². The molecule has 0 saturated carbocycles. The Hall–Kier alpha value is -0.410. The number of aliphatic imine (C=N–C) groups is 1. The Bertz CT molecular complexity index is 146. The number of hydrogen-bond donors (Lipinski definition) is 0. The highest BCUT2D eigenvalue weighted by Crippen LogP contribution is 2.22. The molecule has 0 aromatic carbocycles. The van der Waals surface area contributed by atoms with Gasteiger partial charge in [0.1, 0.15) is 0 Å². The zero-order chi connectivity index (χ0) is 7.68. The first-order valence-corrected chi connectivity index (χ1v) is 4.18. The average Bonchev–Trinajstić information content (AvgIpc) is 2.46. The third-order valence-corrected chi connectivity index (χ3v) is 2.60. The lowest BCUT2D eigenvalue weighted by Crippen LogP contribution is -2.40. The molecule has 0 bridgehead atoms. The van der Waals surface area contributed by atoms with Gasteiger partial charge in [0.15, 0.2) is 0 Å². The van der Waals surface area contributed by atoms with E-state index in [1.807, 2.05) is 0 Å². The molecule has 2 fully saturated rings. The molecule has 2 aliphatic rings. The zero-order valence-electron chi connectivity index (χ0n) is 6.70. The molecular weight excluding hydrogens is 140 g/mol. The van der Waals surface area contributed by atoms with Gasteiger partial charge in [-0.25, -0.2) is 0 Å². The van der Waals surface area contributed by atoms with Gasteiger partial charge in [0.2, 0.25) is 0 Å². The quantitative estimate of drug-likeness (QED) is 0.503. The molecule has 0 N–H and O–H groups in total. The summed E-state index contributed by atoms with van der Waals surface area (Å²) in [5, 5.41) is 0. The van der Waals surface area contributed by atoms with Crippen molar-refractivity contribution in [3.05, 3.63) is 0 Å². The van der Waals surface area contributed by atoms with Crippen molar-refractivity contribution in [2.45, 2.75) is 18.5 Å². The Balaban J connectivity index is 1.97. The van der Waals surface area contributed by atoms with Gasteiger partial charge in [0.25, 0.3) is 0 Å². The molecule has 0 aliphatic carbocycles. The van der Waals surface area contributed by atoms with E-state index in [9.17, 15) is 0 Å². The summed E-state index contributed by atoms with van der Waals surface area (Å²) in [6.07, 6.45) is 1.14. The van der Waals surface area contributed by atoms with Crippen molar-refractivity contribution < 1.29 is 4.74 Å². The minimum atomic E-state index is 0.460. The van der Waals surface area contributed by atoms with Crippen LogP contribution < -0.4 is 0 Å². The SMILES string of the molecule is C=NC1CC2COCCN2C1. The summed E-state index contributed by atoms with van der Waals surface area (Å²) in [5.41, 5.74) is 0. The van der Waals surface area contributed by atoms with Crippen LogP contribution in [0.2, 0.25) is 0 Å². The molecule has 2 unspecified atom stereocenters. The van der Waals surface area contributed by atoms with Crippen LogP contribution >= 0.6 is 0 Å². The Labute approximate surface area is 67.1 Å². The molecule has 0 aromatic heterocycles. The summed E-state index contributed by atoms with van der Waals surface area (Å²) >= 11 is 0. The first kappa shape index (κ1) is 7.25. The van der Waals surface area contributed by atoms with Gasteiger partial charge in [0, 0.05) is 19.1 Å². The molecule has 2 atom stereocenters. The molecule has 0 amide bonds. The van der Waals surface area contributed by atoms with Crippen molar-refractivity contribution in [2.24, 2.45) is 4.99 Å². The Morgan fingerprint density at radius 2 is 2.45 bits per heavy atom. The van der Waals surface area contributed by atoms with Crippen LogP contribution in [-0.4, -0.2) is 50.0 Å². The normalized spacial score (nSPS) is 38.5. The van der Waals surface area contributed by atoms with E-state index in [-0.39, 0.29) is 0 Å². The number of hydrogen-bond acceptors (Lipinski definition) is 3. The maximum absolute atomic E-state index is 5.37. The van der Waals surface area contributed by atoms with Gasteiger partial charge in [-0.1, -0.05) is 0 Å². The second kappa shape index (κ2) is 2.91. The lowest BCUT2D eigenvalue weighted by Gasteiger charge is -2.28. The molecule has 11 heavy (non-hydrogen) atoms. The molecule has 3 heteroatoms. The summed E-state index contributed by atoms with van der Waals surface area (Å²) in [6.45, 7) is 7.54. The van der Waals surface area contributed by atoms with Gasteiger partial charge >= 0.3 is 0 Å². The van der Waals surface area contributed by atoms with Crippen molar-refractivity contribution in [3.63, 3.8) is 0 Å². The minimum Gasteiger partial charge on any atom is -0.378 e. The van der Waals surface area contributed by atoms with Crippen molar-refractivity contribution in [1.82, 2.24) is 4.90 Å². The molecule has 62 valence electrons. The molecule has 0 spiro atoms. The first-order valence-electron chi connectivity index (χ1n) is 4.18. The molecular formula is C8H14N2O. The Morgan fingerprint density at radius 3 is 3.18 bits per heavy atom. The monoisotopic (exact) mass is 154 g/mol. The largest absolute Gasteiger partial charge is 0.378 e. The fourth-order valence-corrected chi connectivity index (χ4v) is 1.94. The van der Waals surface area contributed by atoms with Crippen LogP contribution in [0.15, 0.2) is 4.99 Å². The third kappa shape index (κ3) is 1.30. The standard InChI is InChI=1S/C8H14N2O/c1-9-7-4-8-6-11-3-2-10(8)5-7/h7-8H,1-6H2. The predicted molar refractivity (Wildman–Crippen MR) is 44.1 cm³/mol. The number of ether oxygens (including phenoxy) is 1. The molecule has 2 saturated heterocycles. The fourth-order valence-electron chi connectivity index (χ4n) is 1.94. The van der Waals surface area contributed by atoms with Gasteiger partial charge in [-0.2, -0.15) is 0 Å². The van der Waals surface area contributed by atoms with Crippen molar-refractivity contribution >= 4 is 6.72 Å². The summed E-state index contributed by atoms with van der Waals surface area (Å²) in [5.74, 6) is 0. The Kier molecular flexibility index (Phi) is 1.92. The smallest absolute Gasteiger partial charge is 0.0635 e. The lowest BCUT2D eigenvalue weighted by molar-refractivity contribution is 0.0128. The number of fused-ring (bicyclic) bond motifs is 1. The van der Waals surface area contributed by atoms with Crippen molar-refractivity contribution in [2.75, 3.05) is 26.3 Å². The van der Waals surface area contributed by atoms with Crippen LogP contribution in [0.3, 0.4) is 0 Å². The minimum absolute atomic E-state index is 0.460. The molecule has 3 nitrogen and oxygen atoms in total. The second-order valence-electron chi connectivity index (χ2n) is 3.30. The van der Waals surface area contributed by atoms with E-state index in [4.69, 9.17) is 4.74 Å². The summed E-state index contributed by atoms with van der Waals surface area (Å²) in [7, 11) is 0. The van der Waals surface area contributed by atoms with E-state index >= 15 is 0 Å². The van der Waals surface area contributed by atoms with Crippen molar-refractivity contribution in [3.8, 4) is 0 Å². The summed E-state index contributed by atoms with van der Waals surface area (Å²) in [6, 6.07) is 1.08. The second-order valence-corrected chi connectivity index (χ2v) is 3.30. The molecule has 0 aromatic rings. The zero-order valence-corrected chi connectivity index (χ0v) is 6.70. The van der Waals surface area contributed by atoms with E-state index in [2.05, 4.69) is 16.6 Å². The van der Waals surface area contributed by atoms with Gasteiger partial charge < -0.3 is 4.74 Å². The highest BCUT2D eigenvalue weighted by atomic mass is 16.5. The number of rotatable bonds is 1. The van der Waals surface area contributed by atoms with E-state index in [1.54, 1.807) is 0 Å². The summed E-state index contributed by atoms with van der Waals surface area (Å²) in [4.78, 5) is 6.53. The van der Waals surface area contributed by atoms with E-state index in [0.29, 0.717) is 12.1 Å². The maximum atomic E-state index is 5.37. The number of nitrogens with zero attached hydrogens (tertiary/aromatic N) is 2. The predicted octanol–water partition coefficient (Wildman–Crippen LogP) is 0.160. The van der Waals surface area contributed by atoms with Crippen LogP contribution in [0, 0.1) is 0 Å². The number of morpholine rings is 1. The highest BCUT2D eigenvalue weighted by molar-refractivity contribution is 5.24. The van der Waals surface area contributed by atoms with E-state index in [0.717, 1.165) is 32.7 Å². The van der Waals surface area contributed by atoms with E-state index < -0.39 is 0 Å². The molecule has 2 heterocycles. The van der Waals surface area contributed by atoms with Crippen LogP contribution in [0.4, 0.5) is 0 Å². The van der Waals surface area contributed by atoms with Gasteiger partial charge in [-0.15, -0.1) is 0 Å². The van der Waals surface area contributed by atoms with Gasteiger partial charge in [-0.05, 0) is 13.1 Å². The molecule has 0 radical (unpaired) electrons. The van der Waals surface area contributed by atoms with Crippen LogP contribution in [-0.2, 0) is 4.74 Å².